The molecule has 0 fully saturated rings. The molecule has 0 aliphatic carbocycles. The Labute approximate surface area is 66.4 Å². The molecule has 0 aliphatic heterocycles. The molecule has 0 saturated carbocycles. The SMILES string of the molecule is C=CCC(C)N/C=C/C(=O)O. The van der Waals surface area contributed by atoms with E-state index in [4.69, 9.17) is 5.11 Å². The van der Waals surface area contributed by atoms with Crippen LogP contribution in [-0.2, 0) is 4.79 Å². The molecule has 0 radical (unpaired) electrons. The first-order valence-electron chi connectivity index (χ1n) is 3.43. The lowest BCUT2D eigenvalue weighted by molar-refractivity contribution is -0.131. The summed E-state index contributed by atoms with van der Waals surface area (Å²) < 4.78 is 0. The van der Waals surface area contributed by atoms with Crippen molar-refractivity contribution < 1.29 is 9.90 Å². The molecule has 11 heavy (non-hydrogen) atoms. The van der Waals surface area contributed by atoms with Crippen LogP contribution in [0.2, 0.25) is 0 Å². The summed E-state index contributed by atoms with van der Waals surface area (Å²) in [5.74, 6) is -0.941. The predicted octanol–water partition coefficient (Wildman–Crippen LogP) is 1.14. The second-order valence-corrected chi connectivity index (χ2v) is 2.26. The molecule has 0 aromatic rings. The van der Waals surface area contributed by atoms with Crippen LogP contribution in [0, 0.1) is 0 Å². The Kier molecular flexibility index (Phi) is 4.90. The molecule has 1 atom stereocenters. The van der Waals surface area contributed by atoms with Gasteiger partial charge in [0.25, 0.3) is 0 Å². The zero-order chi connectivity index (χ0) is 8.69. The summed E-state index contributed by atoms with van der Waals surface area (Å²) in [6.07, 6.45) is 5.10. The maximum Gasteiger partial charge on any atom is 0.329 e. The van der Waals surface area contributed by atoms with Crippen molar-refractivity contribution in [1.82, 2.24) is 5.32 Å². The van der Waals surface area contributed by atoms with Crippen LogP contribution < -0.4 is 5.32 Å². The third-order valence-electron chi connectivity index (χ3n) is 1.13. The molecule has 62 valence electrons. The van der Waals surface area contributed by atoms with E-state index in [1.807, 2.05) is 6.92 Å². The van der Waals surface area contributed by atoms with Crippen molar-refractivity contribution in [3.05, 3.63) is 24.9 Å². The molecule has 0 bridgehead atoms. The first-order chi connectivity index (χ1) is 5.16. The highest BCUT2D eigenvalue weighted by Crippen LogP contribution is 1.89. The fourth-order valence-electron chi connectivity index (χ4n) is 0.602. The van der Waals surface area contributed by atoms with Crippen LogP contribution >= 0.6 is 0 Å². The lowest BCUT2D eigenvalue weighted by Crippen LogP contribution is -2.19. The van der Waals surface area contributed by atoms with E-state index in [9.17, 15) is 4.79 Å². The fraction of sp³-hybridized carbons (Fsp3) is 0.375. The average molecular weight is 155 g/mol. The number of nitrogens with one attached hydrogen (secondary N) is 1. The summed E-state index contributed by atoms with van der Waals surface area (Å²) >= 11 is 0. The zero-order valence-corrected chi connectivity index (χ0v) is 6.58. The second-order valence-electron chi connectivity index (χ2n) is 2.26. The maximum absolute atomic E-state index is 9.99. The van der Waals surface area contributed by atoms with Crippen molar-refractivity contribution in [2.45, 2.75) is 19.4 Å². The van der Waals surface area contributed by atoms with E-state index in [1.54, 1.807) is 6.08 Å². The summed E-state index contributed by atoms with van der Waals surface area (Å²) in [6, 6.07) is 0.239. The molecule has 3 heteroatoms. The van der Waals surface area contributed by atoms with Crippen molar-refractivity contribution in [3.63, 3.8) is 0 Å². The number of carbonyl (C=O) groups is 1. The Morgan fingerprint density at radius 1 is 1.82 bits per heavy atom. The quantitative estimate of drug-likeness (QED) is 0.462. The smallest absolute Gasteiger partial charge is 0.329 e. The average Bonchev–Trinajstić information content (AvgIpc) is 1.87. The predicted molar refractivity (Wildman–Crippen MR) is 44.2 cm³/mol. The standard InChI is InChI=1S/C8H13NO2/c1-3-4-7(2)9-6-5-8(10)11/h3,5-7,9H,1,4H2,2H3,(H,10,11)/b6-5+. The number of hydrogen-bond acceptors (Lipinski definition) is 2. The molecule has 2 N–H and O–H groups in total. The van der Waals surface area contributed by atoms with Crippen molar-refractivity contribution in [2.24, 2.45) is 0 Å². The van der Waals surface area contributed by atoms with Crippen LogP contribution in [0.4, 0.5) is 0 Å². The van der Waals surface area contributed by atoms with Gasteiger partial charge in [-0.05, 0) is 13.3 Å². The number of carboxylic acids is 1. The highest BCUT2D eigenvalue weighted by molar-refractivity contribution is 5.79. The van der Waals surface area contributed by atoms with E-state index >= 15 is 0 Å². The van der Waals surface area contributed by atoms with Gasteiger partial charge < -0.3 is 10.4 Å². The first-order valence-corrected chi connectivity index (χ1v) is 3.43. The number of carboxylic acid groups (broad SMARTS) is 1. The Hall–Kier alpha value is -1.25. The van der Waals surface area contributed by atoms with Crippen LogP contribution in [0.1, 0.15) is 13.3 Å². The van der Waals surface area contributed by atoms with Crippen molar-refractivity contribution >= 4 is 5.97 Å². The van der Waals surface area contributed by atoms with Crippen LogP contribution in [0.3, 0.4) is 0 Å². The van der Waals surface area contributed by atoms with Gasteiger partial charge in [0.15, 0.2) is 0 Å². The molecule has 0 heterocycles. The molecular formula is C8H13NO2. The maximum atomic E-state index is 9.99. The lowest BCUT2D eigenvalue weighted by atomic mass is 10.2. The number of aliphatic carboxylic acids is 1. The van der Waals surface area contributed by atoms with E-state index < -0.39 is 5.97 Å². The van der Waals surface area contributed by atoms with Gasteiger partial charge in [-0.3, -0.25) is 0 Å². The minimum absolute atomic E-state index is 0.239. The van der Waals surface area contributed by atoms with E-state index in [1.165, 1.54) is 6.20 Å². The monoisotopic (exact) mass is 155 g/mol. The Morgan fingerprint density at radius 2 is 2.45 bits per heavy atom. The third kappa shape index (κ3) is 6.64. The van der Waals surface area contributed by atoms with Crippen molar-refractivity contribution in [3.8, 4) is 0 Å². The van der Waals surface area contributed by atoms with Gasteiger partial charge in [0.05, 0.1) is 0 Å². The van der Waals surface area contributed by atoms with Crippen LogP contribution in [0.5, 0.6) is 0 Å². The van der Waals surface area contributed by atoms with E-state index in [0.717, 1.165) is 12.5 Å². The lowest BCUT2D eigenvalue weighted by Gasteiger charge is -2.06. The molecule has 0 rings (SSSR count). The number of hydrogen-bond donors (Lipinski definition) is 2. The number of rotatable bonds is 5. The first kappa shape index (κ1) is 9.75. The largest absolute Gasteiger partial charge is 0.478 e. The summed E-state index contributed by atoms with van der Waals surface area (Å²) in [5.41, 5.74) is 0. The van der Waals surface area contributed by atoms with Gasteiger partial charge >= 0.3 is 5.97 Å². The molecule has 3 nitrogen and oxygen atoms in total. The van der Waals surface area contributed by atoms with Crippen molar-refractivity contribution in [2.75, 3.05) is 0 Å². The Balaban J connectivity index is 3.51. The highest BCUT2D eigenvalue weighted by atomic mass is 16.4. The van der Waals surface area contributed by atoms with Gasteiger partial charge in [-0.25, -0.2) is 4.79 Å². The summed E-state index contributed by atoms with van der Waals surface area (Å²) in [4.78, 5) is 9.99. The fourth-order valence-corrected chi connectivity index (χ4v) is 0.602. The van der Waals surface area contributed by atoms with Gasteiger partial charge in [-0.15, -0.1) is 6.58 Å². The van der Waals surface area contributed by atoms with Gasteiger partial charge in [0.2, 0.25) is 0 Å². The van der Waals surface area contributed by atoms with Gasteiger partial charge in [-0.2, -0.15) is 0 Å². The Bertz CT molecular complexity index is 163. The molecule has 0 saturated heterocycles. The van der Waals surface area contributed by atoms with E-state index in [2.05, 4.69) is 11.9 Å². The third-order valence-corrected chi connectivity index (χ3v) is 1.13. The molecule has 0 aromatic carbocycles. The molecule has 0 aromatic heterocycles. The minimum Gasteiger partial charge on any atom is -0.478 e. The second kappa shape index (κ2) is 5.53. The van der Waals surface area contributed by atoms with E-state index in [0.29, 0.717) is 0 Å². The summed E-state index contributed by atoms with van der Waals surface area (Å²) in [7, 11) is 0. The van der Waals surface area contributed by atoms with Crippen molar-refractivity contribution in [1.29, 1.82) is 0 Å². The van der Waals surface area contributed by atoms with Crippen LogP contribution in [0.15, 0.2) is 24.9 Å². The molecule has 0 spiro atoms. The van der Waals surface area contributed by atoms with Gasteiger partial charge in [-0.1, -0.05) is 6.08 Å². The summed E-state index contributed by atoms with van der Waals surface area (Å²) in [5, 5.41) is 11.1. The van der Waals surface area contributed by atoms with E-state index in [-0.39, 0.29) is 6.04 Å². The Morgan fingerprint density at radius 3 is 2.91 bits per heavy atom. The molecule has 0 aliphatic rings. The highest BCUT2D eigenvalue weighted by Gasteiger charge is 1.92. The van der Waals surface area contributed by atoms with Gasteiger partial charge in [0, 0.05) is 18.3 Å². The normalized spacial score (nSPS) is 12.8. The summed E-state index contributed by atoms with van der Waals surface area (Å²) in [6.45, 7) is 5.52. The zero-order valence-electron chi connectivity index (χ0n) is 6.58. The molecular weight excluding hydrogens is 142 g/mol. The molecule has 1 unspecified atom stereocenters. The van der Waals surface area contributed by atoms with Crippen LogP contribution in [0.25, 0.3) is 0 Å². The topological polar surface area (TPSA) is 49.3 Å². The minimum atomic E-state index is -0.941. The van der Waals surface area contributed by atoms with Crippen LogP contribution in [-0.4, -0.2) is 17.1 Å². The van der Waals surface area contributed by atoms with Gasteiger partial charge in [0.1, 0.15) is 0 Å². The molecule has 0 amide bonds.